The average Bonchev–Trinajstić information content (AvgIpc) is 3.18. The van der Waals surface area contributed by atoms with Gasteiger partial charge in [0.25, 0.3) is 0 Å². The summed E-state index contributed by atoms with van der Waals surface area (Å²) >= 11 is 0. The Morgan fingerprint density at radius 1 is 1.23 bits per heavy atom. The van der Waals surface area contributed by atoms with Crippen LogP contribution >= 0.6 is 0 Å². The Morgan fingerprint density at radius 2 is 2.00 bits per heavy atom. The highest BCUT2D eigenvalue weighted by atomic mass is 16.5. The normalized spacial score (nSPS) is 17.4. The molecule has 1 fully saturated rings. The summed E-state index contributed by atoms with van der Waals surface area (Å²) in [6, 6.07) is 11.8. The van der Waals surface area contributed by atoms with E-state index in [1.807, 2.05) is 18.2 Å². The van der Waals surface area contributed by atoms with Crippen LogP contribution in [0, 0.1) is 11.3 Å². The number of nitrogens with zero attached hydrogens (tertiary/aromatic N) is 2. The van der Waals surface area contributed by atoms with E-state index >= 15 is 0 Å². The molecule has 0 unspecified atom stereocenters. The number of aromatic nitrogens is 1. The van der Waals surface area contributed by atoms with E-state index in [-0.39, 0.29) is 5.78 Å². The van der Waals surface area contributed by atoms with E-state index in [1.54, 1.807) is 13.2 Å². The van der Waals surface area contributed by atoms with Gasteiger partial charge >= 0.3 is 0 Å². The van der Waals surface area contributed by atoms with Crippen molar-refractivity contribution in [2.24, 2.45) is 0 Å². The minimum Gasteiger partial charge on any atom is -0.380 e. The Kier molecular flexibility index (Phi) is 4.62. The van der Waals surface area contributed by atoms with Gasteiger partial charge in [-0.2, -0.15) is 5.26 Å². The molecular weight excluding hydrogens is 390 g/mol. The second-order valence-electron chi connectivity index (χ2n) is 8.76. The lowest BCUT2D eigenvalue weighted by atomic mass is 9.70. The zero-order valence-electron chi connectivity index (χ0n) is 18.0. The van der Waals surface area contributed by atoms with Crippen molar-refractivity contribution in [2.75, 3.05) is 38.3 Å². The molecule has 1 aliphatic heterocycles. The molecule has 0 spiro atoms. The molecule has 1 aliphatic carbocycles. The summed E-state index contributed by atoms with van der Waals surface area (Å²) in [6.07, 6.45) is 0. The maximum Gasteiger partial charge on any atom is 0.195 e. The molecule has 0 amide bonds. The number of ether oxygens (including phenoxy) is 2. The molecule has 1 aromatic heterocycles. The van der Waals surface area contributed by atoms with Gasteiger partial charge < -0.3 is 19.4 Å². The SMILES string of the molecule is COCc1cc2c(cc1N1CCOCC1)C(C)(C)c1[nH]c3cc(C#N)ccc3c1C2=O. The molecule has 1 saturated heterocycles. The topological polar surface area (TPSA) is 78.3 Å². The third kappa shape index (κ3) is 2.96. The Balaban J connectivity index is 1.73. The molecule has 2 heterocycles. The number of nitrogens with one attached hydrogen (secondary N) is 1. The molecule has 6 heteroatoms. The first-order chi connectivity index (χ1) is 15.0. The fraction of sp³-hybridized carbons (Fsp3) is 0.360. The highest BCUT2D eigenvalue weighted by Crippen LogP contribution is 2.45. The first kappa shape index (κ1) is 19.8. The lowest BCUT2D eigenvalue weighted by molar-refractivity contribution is 0.103. The van der Waals surface area contributed by atoms with E-state index in [0.29, 0.717) is 30.9 Å². The van der Waals surface area contributed by atoms with Gasteiger partial charge in [-0.05, 0) is 29.8 Å². The number of hydrogen-bond acceptors (Lipinski definition) is 5. The number of methoxy groups -OCH3 is 1. The lowest BCUT2D eigenvalue weighted by Gasteiger charge is -2.36. The second kappa shape index (κ2) is 7.23. The zero-order chi connectivity index (χ0) is 21.8. The van der Waals surface area contributed by atoms with Gasteiger partial charge in [0.1, 0.15) is 0 Å². The zero-order valence-corrected chi connectivity index (χ0v) is 18.0. The molecule has 3 aromatic rings. The van der Waals surface area contributed by atoms with Gasteiger partial charge in [-0.3, -0.25) is 4.79 Å². The van der Waals surface area contributed by atoms with Crippen LogP contribution in [0.25, 0.3) is 10.9 Å². The number of anilines is 1. The number of aromatic amines is 1. The van der Waals surface area contributed by atoms with Crippen molar-refractivity contribution in [2.45, 2.75) is 25.9 Å². The number of fused-ring (bicyclic) bond motifs is 4. The highest BCUT2D eigenvalue weighted by molar-refractivity contribution is 6.20. The summed E-state index contributed by atoms with van der Waals surface area (Å²) in [7, 11) is 1.68. The molecule has 158 valence electrons. The smallest absolute Gasteiger partial charge is 0.195 e. The van der Waals surface area contributed by atoms with Crippen LogP contribution in [0.1, 0.15) is 52.2 Å². The molecule has 2 aliphatic rings. The molecule has 0 bridgehead atoms. The van der Waals surface area contributed by atoms with E-state index in [1.165, 1.54) is 0 Å². The van der Waals surface area contributed by atoms with Crippen molar-refractivity contribution < 1.29 is 14.3 Å². The molecule has 31 heavy (non-hydrogen) atoms. The van der Waals surface area contributed by atoms with Crippen LogP contribution in [-0.2, 0) is 21.5 Å². The van der Waals surface area contributed by atoms with Gasteiger partial charge in [0, 0.05) is 59.0 Å². The highest BCUT2D eigenvalue weighted by Gasteiger charge is 2.40. The van der Waals surface area contributed by atoms with Crippen LogP contribution in [-0.4, -0.2) is 44.2 Å². The van der Waals surface area contributed by atoms with E-state index in [9.17, 15) is 10.1 Å². The van der Waals surface area contributed by atoms with E-state index in [4.69, 9.17) is 9.47 Å². The Hall–Kier alpha value is -3.14. The third-order valence-corrected chi connectivity index (χ3v) is 6.57. The molecular formula is C25H25N3O3. The van der Waals surface area contributed by atoms with Crippen LogP contribution in [0.3, 0.4) is 0 Å². The fourth-order valence-electron chi connectivity index (χ4n) is 4.95. The van der Waals surface area contributed by atoms with Crippen molar-refractivity contribution in [3.63, 3.8) is 0 Å². The first-order valence-electron chi connectivity index (χ1n) is 10.6. The van der Waals surface area contributed by atoms with E-state index in [0.717, 1.165) is 52.1 Å². The first-order valence-corrected chi connectivity index (χ1v) is 10.6. The molecule has 0 atom stereocenters. The summed E-state index contributed by atoms with van der Waals surface area (Å²) in [4.78, 5) is 19.5. The second-order valence-corrected chi connectivity index (χ2v) is 8.76. The van der Waals surface area contributed by atoms with Crippen LogP contribution in [0.5, 0.6) is 0 Å². The Morgan fingerprint density at radius 3 is 2.71 bits per heavy atom. The van der Waals surface area contributed by atoms with E-state index < -0.39 is 5.41 Å². The number of rotatable bonds is 3. The van der Waals surface area contributed by atoms with Crippen molar-refractivity contribution >= 4 is 22.4 Å². The average molecular weight is 415 g/mol. The summed E-state index contributed by atoms with van der Waals surface area (Å²) in [6.45, 7) is 7.77. The molecule has 6 nitrogen and oxygen atoms in total. The molecule has 1 N–H and O–H groups in total. The number of nitriles is 1. The van der Waals surface area contributed by atoms with Crippen molar-refractivity contribution in [3.8, 4) is 6.07 Å². The molecule has 0 radical (unpaired) electrons. The number of carbonyl (C=O) groups excluding carboxylic acids is 1. The van der Waals surface area contributed by atoms with Crippen LogP contribution in [0.4, 0.5) is 5.69 Å². The number of morpholine rings is 1. The van der Waals surface area contributed by atoms with Gasteiger partial charge in [-0.1, -0.05) is 19.9 Å². The summed E-state index contributed by atoms with van der Waals surface area (Å²) in [5.41, 5.74) is 6.48. The number of carbonyl (C=O) groups is 1. The van der Waals surface area contributed by atoms with Crippen LogP contribution < -0.4 is 4.90 Å². The van der Waals surface area contributed by atoms with Crippen LogP contribution in [0.15, 0.2) is 30.3 Å². The van der Waals surface area contributed by atoms with Crippen molar-refractivity contribution in [1.82, 2.24) is 4.98 Å². The van der Waals surface area contributed by atoms with Gasteiger partial charge in [0.15, 0.2) is 5.78 Å². The summed E-state index contributed by atoms with van der Waals surface area (Å²) in [5.74, 6) is 0.0196. The minimum absolute atomic E-state index is 0.0196. The maximum atomic E-state index is 13.7. The Labute approximate surface area is 181 Å². The molecule has 0 saturated carbocycles. The summed E-state index contributed by atoms with van der Waals surface area (Å²) < 4.78 is 11.0. The van der Waals surface area contributed by atoms with Crippen molar-refractivity contribution in [1.29, 1.82) is 5.26 Å². The number of hydrogen-bond donors (Lipinski definition) is 1. The summed E-state index contributed by atoms with van der Waals surface area (Å²) in [5, 5.41) is 10.1. The van der Waals surface area contributed by atoms with Gasteiger partial charge in [0.05, 0.1) is 37.0 Å². The lowest BCUT2D eigenvalue weighted by Crippen LogP contribution is -2.38. The quantitative estimate of drug-likeness (QED) is 0.702. The van der Waals surface area contributed by atoms with Crippen molar-refractivity contribution in [3.05, 3.63) is 63.8 Å². The van der Waals surface area contributed by atoms with Gasteiger partial charge in [0.2, 0.25) is 0 Å². The number of H-pyrrole nitrogens is 1. The Bertz CT molecular complexity index is 1240. The van der Waals surface area contributed by atoms with E-state index in [2.05, 4.69) is 35.9 Å². The van der Waals surface area contributed by atoms with Crippen LogP contribution in [0.2, 0.25) is 0 Å². The largest absolute Gasteiger partial charge is 0.380 e. The number of benzene rings is 2. The maximum absolute atomic E-state index is 13.7. The van der Waals surface area contributed by atoms with Gasteiger partial charge in [-0.25, -0.2) is 0 Å². The minimum atomic E-state index is -0.392. The predicted octanol–water partition coefficient (Wildman–Crippen LogP) is 3.89. The molecule has 5 rings (SSSR count). The third-order valence-electron chi connectivity index (χ3n) is 6.57. The fourth-order valence-corrected chi connectivity index (χ4v) is 4.95. The predicted molar refractivity (Wildman–Crippen MR) is 119 cm³/mol. The standard InChI is InChI=1S/C25H25N3O3/c1-25(2)19-12-21(28-6-8-31-9-7-28)16(14-30-3)11-18(19)23(29)22-17-5-4-15(13-26)10-20(17)27-24(22)25/h4-5,10-12,27H,6-9,14H2,1-3H3. The monoisotopic (exact) mass is 415 g/mol. The van der Waals surface area contributed by atoms with Gasteiger partial charge in [-0.15, -0.1) is 0 Å². The number of ketones is 1. The molecule has 2 aromatic carbocycles.